The second-order valence-electron chi connectivity index (χ2n) is 2.73. The number of carbonyl (C=O) groups excluding carboxylic acids is 1. The van der Waals surface area contributed by atoms with Gasteiger partial charge in [-0.15, -0.1) is 0 Å². The van der Waals surface area contributed by atoms with Crippen molar-refractivity contribution in [3.63, 3.8) is 0 Å². The van der Waals surface area contributed by atoms with Gasteiger partial charge in [0.1, 0.15) is 12.4 Å². The average Bonchev–Trinajstić information content (AvgIpc) is 2.16. The van der Waals surface area contributed by atoms with Crippen LogP contribution >= 0.6 is 0 Å². The van der Waals surface area contributed by atoms with Crippen LogP contribution in [0, 0.1) is 0 Å². The standard InChI is InChI=1S/C10H12O2/c11-8-10(12)7-6-9-4-2-1-3-5-9/h1-5,8,10,12H,6-7H2. The van der Waals surface area contributed by atoms with Gasteiger partial charge in [-0.1, -0.05) is 30.3 Å². The number of aldehydes is 1. The van der Waals surface area contributed by atoms with Gasteiger partial charge in [0.15, 0.2) is 0 Å². The third-order valence-corrected chi connectivity index (χ3v) is 1.73. The summed E-state index contributed by atoms with van der Waals surface area (Å²) in [4.78, 5) is 10.1. The van der Waals surface area contributed by atoms with Crippen molar-refractivity contribution in [3.05, 3.63) is 35.9 Å². The predicted molar refractivity (Wildman–Crippen MR) is 46.8 cm³/mol. The number of aliphatic hydroxyl groups is 1. The molecule has 2 heteroatoms. The molecule has 0 spiro atoms. The molecule has 0 saturated carbocycles. The van der Waals surface area contributed by atoms with Crippen LogP contribution in [-0.2, 0) is 11.2 Å². The van der Waals surface area contributed by atoms with Gasteiger partial charge in [-0.3, -0.25) is 0 Å². The molecule has 0 bridgehead atoms. The molecule has 0 aliphatic carbocycles. The van der Waals surface area contributed by atoms with Crippen molar-refractivity contribution in [2.45, 2.75) is 18.9 Å². The van der Waals surface area contributed by atoms with Crippen molar-refractivity contribution in [1.82, 2.24) is 0 Å². The first-order valence-electron chi connectivity index (χ1n) is 4.00. The summed E-state index contributed by atoms with van der Waals surface area (Å²) in [5.41, 5.74) is 1.15. The number of hydrogen-bond acceptors (Lipinski definition) is 2. The summed E-state index contributed by atoms with van der Waals surface area (Å²) >= 11 is 0. The summed E-state index contributed by atoms with van der Waals surface area (Å²) in [5.74, 6) is 0. The fourth-order valence-electron chi connectivity index (χ4n) is 1.03. The summed E-state index contributed by atoms with van der Waals surface area (Å²) in [7, 11) is 0. The van der Waals surface area contributed by atoms with Gasteiger partial charge < -0.3 is 9.90 Å². The Kier molecular flexibility index (Phi) is 3.48. The average molecular weight is 164 g/mol. The maximum Gasteiger partial charge on any atom is 0.148 e. The molecule has 0 heterocycles. The molecule has 0 radical (unpaired) electrons. The van der Waals surface area contributed by atoms with E-state index in [-0.39, 0.29) is 0 Å². The van der Waals surface area contributed by atoms with E-state index in [4.69, 9.17) is 5.11 Å². The number of benzene rings is 1. The SMILES string of the molecule is O=CC(O)CCc1ccccc1. The highest BCUT2D eigenvalue weighted by Crippen LogP contribution is 2.03. The zero-order valence-corrected chi connectivity index (χ0v) is 6.81. The Morgan fingerprint density at radius 2 is 2.00 bits per heavy atom. The lowest BCUT2D eigenvalue weighted by atomic mass is 10.1. The molecule has 0 aliphatic heterocycles. The normalized spacial score (nSPS) is 12.4. The number of hydrogen-bond donors (Lipinski definition) is 1. The molecule has 1 aromatic rings. The van der Waals surface area contributed by atoms with Crippen molar-refractivity contribution >= 4 is 6.29 Å². The highest BCUT2D eigenvalue weighted by Gasteiger charge is 2.00. The van der Waals surface area contributed by atoms with E-state index in [1.54, 1.807) is 0 Å². The lowest BCUT2D eigenvalue weighted by Gasteiger charge is -2.01. The van der Waals surface area contributed by atoms with Crippen LogP contribution in [-0.4, -0.2) is 17.5 Å². The molecular weight excluding hydrogens is 152 g/mol. The van der Waals surface area contributed by atoms with Crippen molar-refractivity contribution in [2.75, 3.05) is 0 Å². The minimum absolute atomic E-state index is 0.507. The van der Waals surface area contributed by atoms with Gasteiger partial charge in [0.25, 0.3) is 0 Å². The minimum Gasteiger partial charge on any atom is -0.386 e. The Morgan fingerprint density at radius 3 is 2.58 bits per heavy atom. The van der Waals surface area contributed by atoms with Crippen molar-refractivity contribution in [3.8, 4) is 0 Å². The Morgan fingerprint density at radius 1 is 1.33 bits per heavy atom. The molecule has 1 unspecified atom stereocenters. The molecule has 0 amide bonds. The molecule has 2 nitrogen and oxygen atoms in total. The van der Waals surface area contributed by atoms with E-state index in [9.17, 15) is 4.79 Å². The zero-order chi connectivity index (χ0) is 8.81. The summed E-state index contributed by atoms with van der Waals surface area (Å²) in [5, 5.41) is 8.95. The van der Waals surface area contributed by atoms with Gasteiger partial charge in [-0.05, 0) is 18.4 Å². The molecular formula is C10H12O2. The predicted octanol–water partition coefficient (Wildman–Crippen LogP) is 1.18. The van der Waals surface area contributed by atoms with E-state index in [2.05, 4.69) is 0 Å². The number of rotatable bonds is 4. The molecule has 0 aliphatic rings. The highest BCUT2D eigenvalue weighted by molar-refractivity contribution is 5.55. The first-order chi connectivity index (χ1) is 5.83. The van der Waals surface area contributed by atoms with Gasteiger partial charge in [0, 0.05) is 0 Å². The topological polar surface area (TPSA) is 37.3 Å². The van der Waals surface area contributed by atoms with Crippen LogP contribution in [0.4, 0.5) is 0 Å². The molecule has 0 fully saturated rings. The number of aryl methyl sites for hydroxylation is 1. The molecule has 1 atom stereocenters. The zero-order valence-electron chi connectivity index (χ0n) is 6.81. The summed E-state index contributed by atoms with van der Waals surface area (Å²) in [6.45, 7) is 0. The second kappa shape index (κ2) is 4.67. The lowest BCUT2D eigenvalue weighted by molar-refractivity contribution is -0.115. The van der Waals surface area contributed by atoms with Crippen molar-refractivity contribution < 1.29 is 9.90 Å². The van der Waals surface area contributed by atoms with Crippen LogP contribution in [0.1, 0.15) is 12.0 Å². The second-order valence-corrected chi connectivity index (χ2v) is 2.73. The molecule has 0 aromatic heterocycles. The largest absolute Gasteiger partial charge is 0.386 e. The summed E-state index contributed by atoms with van der Waals surface area (Å²) in [6, 6.07) is 9.81. The third-order valence-electron chi connectivity index (χ3n) is 1.73. The van der Waals surface area contributed by atoms with E-state index >= 15 is 0 Å². The monoisotopic (exact) mass is 164 g/mol. The lowest BCUT2D eigenvalue weighted by Crippen LogP contribution is -2.08. The van der Waals surface area contributed by atoms with Gasteiger partial charge in [-0.2, -0.15) is 0 Å². The van der Waals surface area contributed by atoms with Gasteiger partial charge in [0.2, 0.25) is 0 Å². The summed E-state index contributed by atoms with van der Waals surface area (Å²) in [6.07, 6.45) is 1.02. The first kappa shape index (κ1) is 8.94. The molecule has 1 rings (SSSR count). The van der Waals surface area contributed by atoms with Crippen LogP contribution in [0.5, 0.6) is 0 Å². The maximum atomic E-state index is 10.1. The van der Waals surface area contributed by atoms with E-state index < -0.39 is 6.10 Å². The quantitative estimate of drug-likeness (QED) is 0.678. The smallest absolute Gasteiger partial charge is 0.148 e. The van der Waals surface area contributed by atoms with E-state index in [0.29, 0.717) is 12.7 Å². The van der Waals surface area contributed by atoms with Crippen LogP contribution in [0.2, 0.25) is 0 Å². The van der Waals surface area contributed by atoms with Crippen LogP contribution in [0.25, 0.3) is 0 Å². The minimum atomic E-state index is -0.815. The summed E-state index contributed by atoms with van der Waals surface area (Å²) < 4.78 is 0. The molecule has 0 saturated heterocycles. The van der Waals surface area contributed by atoms with Crippen LogP contribution < -0.4 is 0 Å². The Labute approximate surface area is 71.8 Å². The van der Waals surface area contributed by atoms with Gasteiger partial charge in [-0.25, -0.2) is 0 Å². The highest BCUT2D eigenvalue weighted by atomic mass is 16.3. The number of carbonyl (C=O) groups is 1. The Bertz CT molecular complexity index is 231. The van der Waals surface area contributed by atoms with Gasteiger partial charge in [0.05, 0.1) is 0 Å². The van der Waals surface area contributed by atoms with Crippen LogP contribution in [0.3, 0.4) is 0 Å². The Balaban J connectivity index is 2.38. The molecule has 12 heavy (non-hydrogen) atoms. The van der Waals surface area contributed by atoms with Gasteiger partial charge >= 0.3 is 0 Å². The maximum absolute atomic E-state index is 10.1. The van der Waals surface area contributed by atoms with E-state index in [1.165, 1.54) is 0 Å². The third kappa shape index (κ3) is 2.84. The first-order valence-corrected chi connectivity index (χ1v) is 4.00. The van der Waals surface area contributed by atoms with Crippen LogP contribution in [0.15, 0.2) is 30.3 Å². The number of aliphatic hydroxyl groups excluding tert-OH is 1. The molecule has 64 valence electrons. The molecule has 1 N–H and O–H groups in total. The van der Waals surface area contributed by atoms with E-state index in [1.807, 2.05) is 30.3 Å². The van der Waals surface area contributed by atoms with E-state index in [0.717, 1.165) is 12.0 Å². The fraction of sp³-hybridized carbons (Fsp3) is 0.300. The Hall–Kier alpha value is -1.15. The molecule has 1 aromatic carbocycles. The van der Waals surface area contributed by atoms with Crippen molar-refractivity contribution in [1.29, 1.82) is 0 Å². The fourth-order valence-corrected chi connectivity index (χ4v) is 1.03. The van der Waals surface area contributed by atoms with Crippen molar-refractivity contribution in [2.24, 2.45) is 0 Å².